The number of thiophene rings is 1. The Hall–Kier alpha value is -0.470. The van der Waals surface area contributed by atoms with Gasteiger partial charge in [-0.3, -0.25) is 0 Å². The fraction of sp³-hybridized carbons (Fsp3) is 0.667. The largest absolute Gasteiger partial charge is 0.392 e. The van der Waals surface area contributed by atoms with Crippen molar-refractivity contribution in [1.82, 2.24) is 4.31 Å². The molecule has 1 unspecified atom stereocenters. The van der Waals surface area contributed by atoms with Crippen LogP contribution in [0, 0.1) is 0 Å². The van der Waals surface area contributed by atoms with Gasteiger partial charge in [-0.1, -0.05) is 0 Å². The normalized spacial score (nSPS) is 20.9. The molecule has 7 heteroatoms. The van der Waals surface area contributed by atoms with Crippen LogP contribution in [0.3, 0.4) is 0 Å². The number of rotatable bonds is 5. The molecule has 1 aliphatic rings. The van der Waals surface area contributed by atoms with E-state index in [1.807, 2.05) is 0 Å². The summed E-state index contributed by atoms with van der Waals surface area (Å²) in [5.74, 6) is 0. The molecule has 0 bridgehead atoms. The molecule has 1 atom stereocenters. The number of hydrogen-bond donors (Lipinski definition) is 1. The van der Waals surface area contributed by atoms with Gasteiger partial charge in [0.2, 0.25) is 0 Å². The van der Waals surface area contributed by atoms with E-state index >= 15 is 0 Å². The van der Waals surface area contributed by atoms with Crippen LogP contribution in [0.5, 0.6) is 0 Å². The van der Waals surface area contributed by atoms with Crippen LogP contribution in [0.15, 0.2) is 15.7 Å². The van der Waals surface area contributed by atoms with Gasteiger partial charge in [0.25, 0.3) is 10.0 Å². The smallest absolute Gasteiger partial charge is 0.252 e. The quantitative estimate of drug-likeness (QED) is 0.893. The van der Waals surface area contributed by atoms with E-state index in [0.717, 1.165) is 30.6 Å². The summed E-state index contributed by atoms with van der Waals surface area (Å²) in [5, 5.41) is 10.7. The van der Waals surface area contributed by atoms with E-state index in [9.17, 15) is 8.42 Å². The van der Waals surface area contributed by atoms with Crippen LogP contribution in [0.1, 0.15) is 24.8 Å². The average molecular weight is 305 g/mol. The molecule has 19 heavy (non-hydrogen) atoms. The van der Waals surface area contributed by atoms with Crippen molar-refractivity contribution < 1.29 is 18.3 Å². The highest BCUT2D eigenvalue weighted by atomic mass is 32.2. The molecule has 0 amide bonds. The van der Waals surface area contributed by atoms with Crippen LogP contribution in [0.4, 0.5) is 0 Å². The first-order chi connectivity index (χ1) is 9.04. The third kappa shape index (κ3) is 3.55. The Morgan fingerprint density at radius 2 is 2.32 bits per heavy atom. The van der Waals surface area contributed by atoms with Crippen molar-refractivity contribution in [2.75, 3.05) is 20.2 Å². The van der Waals surface area contributed by atoms with Crippen molar-refractivity contribution in [3.63, 3.8) is 0 Å². The molecule has 0 aliphatic carbocycles. The second-order valence-electron chi connectivity index (χ2n) is 4.71. The fourth-order valence-electron chi connectivity index (χ4n) is 2.06. The molecule has 0 spiro atoms. The Balaban J connectivity index is 2.05. The van der Waals surface area contributed by atoms with Crippen molar-refractivity contribution in [3.05, 3.63) is 17.0 Å². The van der Waals surface area contributed by atoms with Gasteiger partial charge in [-0.25, -0.2) is 8.42 Å². The Morgan fingerprint density at radius 1 is 1.53 bits per heavy atom. The third-order valence-corrected chi connectivity index (χ3v) is 6.50. The van der Waals surface area contributed by atoms with Crippen LogP contribution in [0.25, 0.3) is 0 Å². The molecule has 2 rings (SSSR count). The second kappa shape index (κ2) is 6.32. The van der Waals surface area contributed by atoms with E-state index in [1.54, 1.807) is 12.4 Å². The lowest BCUT2D eigenvalue weighted by atomic mass is 10.1. The molecule has 0 radical (unpaired) electrons. The van der Waals surface area contributed by atoms with Gasteiger partial charge < -0.3 is 9.84 Å². The summed E-state index contributed by atoms with van der Waals surface area (Å²) in [7, 11) is -1.89. The van der Waals surface area contributed by atoms with Gasteiger partial charge in [-0.15, -0.1) is 11.3 Å². The average Bonchev–Trinajstić information content (AvgIpc) is 2.89. The maximum atomic E-state index is 12.3. The van der Waals surface area contributed by atoms with Crippen LogP contribution in [0.2, 0.25) is 0 Å². The van der Waals surface area contributed by atoms with Gasteiger partial charge in [0.1, 0.15) is 4.21 Å². The van der Waals surface area contributed by atoms with E-state index in [4.69, 9.17) is 9.84 Å². The highest BCUT2D eigenvalue weighted by Crippen LogP contribution is 2.24. The highest BCUT2D eigenvalue weighted by Gasteiger charge is 2.26. The number of aliphatic hydroxyl groups excluding tert-OH is 1. The molecule has 5 nitrogen and oxygen atoms in total. The summed E-state index contributed by atoms with van der Waals surface area (Å²) in [6.45, 7) is 0.961. The molecule has 1 aromatic heterocycles. The zero-order valence-electron chi connectivity index (χ0n) is 10.9. The first-order valence-corrected chi connectivity index (χ1v) is 8.62. The Bertz CT molecular complexity index is 506. The summed E-state index contributed by atoms with van der Waals surface area (Å²) in [6.07, 6.45) is 3.04. The first kappa shape index (κ1) is 14.9. The molecule has 1 N–H and O–H groups in total. The predicted molar refractivity (Wildman–Crippen MR) is 73.6 cm³/mol. The van der Waals surface area contributed by atoms with Crippen molar-refractivity contribution in [2.24, 2.45) is 0 Å². The maximum absolute atomic E-state index is 12.3. The molecular formula is C12H19NO4S2. The SMILES string of the molecule is CN(CC1CCCCO1)S(=O)(=O)c1cc(CO)cs1. The topological polar surface area (TPSA) is 66.8 Å². The summed E-state index contributed by atoms with van der Waals surface area (Å²) in [4.78, 5) is 0. The first-order valence-electron chi connectivity index (χ1n) is 6.30. The van der Waals surface area contributed by atoms with E-state index in [0.29, 0.717) is 18.7 Å². The number of hydrogen-bond acceptors (Lipinski definition) is 5. The Labute approximate surface area is 117 Å². The molecule has 1 fully saturated rings. The third-order valence-electron chi connectivity index (χ3n) is 3.21. The zero-order chi connectivity index (χ0) is 13.9. The van der Waals surface area contributed by atoms with Crippen molar-refractivity contribution in [3.8, 4) is 0 Å². The molecule has 1 saturated heterocycles. The summed E-state index contributed by atoms with van der Waals surface area (Å²) in [5.41, 5.74) is 0.630. The van der Waals surface area contributed by atoms with E-state index < -0.39 is 10.0 Å². The maximum Gasteiger partial charge on any atom is 0.252 e. The molecular weight excluding hydrogens is 286 g/mol. The lowest BCUT2D eigenvalue weighted by molar-refractivity contribution is 0.00860. The Morgan fingerprint density at radius 3 is 2.89 bits per heavy atom. The molecule has 108 valence electrons. The monoisotopic (exact) mass is 305 g/mol. The molecule has 0 aromatic carbocycles. The number of ether oxygens (including phenoxy) is 1. The van der Waals surface area contributed by atoms with Gasteiger partial charge in [-0.2, -0.15) is 4.31 Å². The van der Waals surface area contributed by atoms with Gasteiger partial charge in [0.05, 0.1) is 12.7 Å². The number of likely N-dealkylation sites (N-methyl/N-ethyl adjacent to an activating group) is 1. The molecule has 2 heterocycles. The minimum atomic E-state index is -3.47. The van der Waals surface area contributed by atoms with Crippen LogP contribution in [-0.4, -0.2) is 44.1 Å². The summed E-state index contributed by atoms with van der Waals surface area (Å²) >= 11 is 1.14. The second-order valence-corrected chi connectivity index (χ2v) is 7.89. The number of aliphatic hydroxyl groups is 1. The van der Waals surface area contributed by atoms with Crippen LogP contribution < -0.4 is 0 Å². The van der Waals surface area contributed by atoms with Crippen LogP contribution in [-0.2, 0) is 21.4 Å². The fourth-order valence-corrected chi connectivity index (χ4v) is 4.67. The number of sulfonamides is 1. The summed E-state index contributed by atoms with van der Waals surface area (Å²) in [6, 6.07) is 1.53. The van der Waals surface area contributed by atoms with Crippen molar-refractivity contribution in [1.29, 1.82) is 0 Å². The van der Waals surface area contributed by atoms with Gasteiger partial charge >= 0.3 is 0 Å². The number of nitrogens with zero attached hydrogens (tertiary/aromatic N) is 1. The standard InChI is InChI=1S/C12H19NO4S2/c1-13(7-11-4-2-3-5-17-11)19(15,16)12-6-10(8-14)9-18-12/h6,9,11,14H,2-5,7-8H2,1H3. The molecule has 0 saturated carbocycles. The van der Waals surface area contributed by atoms with Gasteiger partial charge in [0.15, 0.2) is 0 Å². The highest BCUT2D eigenvalue weighted by molar-refractivity contribution is 7.91. The molecule has 1 aliphatic heterocycles. The lowest BCUT2D eigenvalue weighted by Crippen LogP contribution is -2.36. The zero-order valence-corrected chi connectivity index (χ0v) is 12.5. The summed E-state index contributed by atoms with van der Waals surface area (Å²) < 4.78 is 31.8. The predicted octanol–water partition coefficient (Wildman–Crippen LogP) is 1.43. The molecule has 1 aromatic rings. The lowest BCUT2D eigenvalue weighted by Gasteiger charge is -2.26. The Kier molecular flexibility index (Phi) is 4.97. The van der Waals surface area contributed by atoms with Crippen molar-refractivity contribution in [2.45, 2.75) is 36.2 Å². The van der Waals surface area contributed by atoms with Gasteiger partial charge in [-0.05, 0) is 36.3 Å². The van der Waals surface area contributed by atoms with Gasteiger partial charge in [0, 0.05) is 20.2 Å². The minimum Gasteiger partial charge on any atom is -0.392 e. The van der Waals surface area contributed by atoms with E-state index in [1.165, 1.54) is 10.4 Å². The van der Waals surface area contributed by atoms with Crippen molar-refractivity contribution >= 4 is 21.4 Å². The minimum absolute atomic E-state index is 0.00852. The van der Waals surface area contributed by atoms with E-state index in [2.05, 4.69) is 0 Å². The van der Waals surface area contributed by atoms with E-state index in [-0.39, 0.29) is 16.9 Å². The van der Waals surface area contributed by atoms with Crippen LogP contribution >= 0.6 is 11.3 Å².